The Balaban J connectivity index is 1.61. The molecule has 7 nitrogen and oxygen atoms in total. The van der Waals surface area contributed by atoms with Crippen molar-refractivity contribution in [1.29, 1.82) is 0 Å². The fraction of sp³-hybridized carbons (Fsp3) is 0.519. The first-order valence-corrected chi connectivity index (χ1v) is 12.2. The summed E-state index contributed by atoms with van der Waals surface area (Å²) in [4.78, 5) is 13.5. The fourth-order valence-corrected chi connectivity index (χ4v) is 4.84. The summed E-state index contributed by atoms with van der Waals surface area (Å²) in [6.07, 6.45) is -1.82. The minimum atomic E-state index is -1.44. The molecule has 1 amide bonds. The molecule has 0 radical (unpaired) electrons. The van der Waals surface area contributed by atoms with Gasteiger partial charge in [0.15, 0.2) is 11.4 Å². The van der Waals surface area contributed by atoms with E-state index in [1.165, 1.54) is 25.3 Å². The van der Waals surface area contributed by atoms with Gasteiger partial charge in [-0.2, -0.15) is 0 Å². The molecule has 1 heterocycles. The van der Waals surface area contributed by atoms with Crippen LogP contribution in [0, 0.1) is 17.5 Å². The largest absolute Gasteiger partial charge is 0.383 e. The minimum Gasteiger partial charge on any atom is -0.383 e. The number of rotatable bonds is 10. The molecule has 1 unspecified atom stereocenters. The zero-order chi connectivity index (χ0) is 26.6. The van der Waals surface area contributed by atoms with Gasteiger partial charge in [0, 0.05) is 32.1 Å². The quantitative estimate of drug-likeness (QED) is 0.475. The summed E-state index contributed by atoms with van der Waals surface area (Å²) in [5.41, 5.74) is -1.12. The van der Waals surface area contributed by atoms with Gasteiger partial charge in [-0.15, -0.1) is 0 Å². The number of amides is 1. The van der Waals surface area contributed by atoms with Crippen molar-refractivity contribution in [1.82, 2.24) is 5.32 Å². The van der Waals surface area contributed by atoms with E-state index in [0.29, 0.717) is 5.56 Å². The molecule has 202 valence electrons. The normalized spacial score (nSPS) is 26.6. The van der Waals surface area contributed by atoms with Crippen LogP contribution in [0.25, 0.3) is 0 Å². The van der Waals surface area contributed by atoms with Crippen molar-refractivity contribution in [3.05, 3.63) is 71.0 Å². The topological polar surface area (TPSA) is 75.3 Å². The molecule has 4 atom stereocenters. The number of methoxy groups -OCH3 is 1. The molecule has 1 saturated carbocycles. The van der Waals surface area contributed by atoms with E-state index in [4.69, 9.17) is 23.7 Å². The van der Waals surface area contributed by atoms with Gasteiger partial charge in [-0.05, 0) is 43.7 Å². The summed E-state index contributed by atoms with van der Waals surface area (Å²) in [7, 11) is 1.52. The van der Waals surface area contributed by atoms with Crippen molar-refractivity contribution in [3.63, 3.8) is 0 Å². The third kappa shape index (κ3) is 6.50. The first-order chi connectivity index (χ1) is 17.6. The lowest BCUT2D eigenvalue weighted by atomic mass is 9.78. The second-order valence-corrected chi connectivity index (χ2v) is 9.76. The van der Waals surface area contributed by atoms with Gasteiger partial charge in [0.25, 0.3) is 5.91 Å². The molecule has 2 aromatic carbocycles. The van der Waals surface area contributed by atoms with Crippen LogP contribution < -0.4 is 5.32 Å². The lowest BCUT2D eigenvalue weighted by molar-refractivity contribution is -0.183. The summed E-state index contributed by atoms with van der Waals surface area (Å²) in [5.74, 6) is -3.28. The summed E-state index contributed by atoms with van der Waals surface area (Å²) >= 11 is 0. The van der Waals surface area contributed by atoms with Gasteiger partial charge in [-0.1, -0.05) is 18.2 Å². The molecule has 1 saturated heterocycles. The van der Waals surface area contributed by atoms with Crippen molar-refractivity contribution in [2.75, 3.05) is 20.3 Å². The molecule has 0 spiro atoms. The Kier molecular flexibility index (Phi) is 8.55. The molecule has 2 aromatic rings. The number of halogens is 3. The number of carbonyl (C=O) groups is 1. The van der Waals surface area contributed by atoms with E-state index < -0.39 is 53.1 Å². The van der Waals surface area contributed by atoms with E-state index in [1.54, 1.807) is 26.0 Å². The Bertz CT molecular complexity index is 1080. The Morgan fingerprint density at radius 2 is 1.78 bits per heavy atom. The van der Waals surface area contributed by atoms with E-state index in [9.17, 15) is 18.0 Å². The zero-order valence-electron chi connectivity index (χ0n) is 21.1. The molecule has 4 rings (SSSR count). The van der Waals surface area contributed by atoms with Crippen LogP contribution >= 0.6 is 0 Å². The highest BCUT2D eigenvalue weighted by molar-refractivity contribution is 5.85. The van der Waals surface area contributed by atoms with Crippen molar-refractivity contribution in [2.45, 2.75) is 69.6 Å². The molecular formula is C27H32F3NO6. The highest BCUT2D eigenvalue weighted by atomic mass is 19.1. The van der Waals surface area contributed by atoms with Crippen LogP contribution in [0.3, 0.4) is 0 Å². The van der Waals surface area contributed by atoms with E-state index in [2.05, 4.69) is 5.32 Å². The van der Waals surface area contributed by atoms with Gasteiger partial charge in [0.05, 0.1) is 32.0 Å². The van der Waals surface area contributed by atoms with E-state index in [0.717, 1.165) is 12.1 Å². The van der Waals surface area contributed by atoms with Gasteiger partial charge < -0.3 is 29.0 Å². The van der Waals surface area contributed by atoms with Crippen molar-refractivity contribution in [3.8, 4) is 0 Å². The lowest BCUT2D eigenvalue weighted by Crippen LogP contribution is -2.60. The SMILES string of the molecule is COCCNC(=O)[C@@]1(OCc2cccc(F)c2)CC(OCc2c(F)cccc2F)[C@@H]2OC(C)(C)O[C@@H]2C1. The number of ether oxygens (including phenoxy) is 5. The Labute approximate surface area is 214 Å². The van der Waals surface area contributed by atoms with Crippen molar-refractivity contribution < 1.29 is 41.7 Å². The van der Waals surface area contributed by atoms with Gasteiger partial charge in [0.1, 0.15) is 23.6 Å². The highest BCUT2D eigenvalue weighted by Gasteiger charge is 2.58. The summed E-state index contributed by atoms with van der Waals surface area (Å²) in [6, 6.07) is 9.48. The first kappa shape index (κ1) is 27.5. The standard InChI is InChI=1S/C27H32F3NO6/c1-26(2)36-23-14-27(25(32)31-10-11-33-3,35-15-17-6-4-7-18(28)12-17)13-22(24(23)37-26)34-16-19-20(29)8-5-9-21(19)30/h4-9,12,22-24H,10-11,13-16H2,1-3H3,(H,31,32)/t22?,23-,24+,27-/m1/s1. The third-order valence-electron chi connectivity index (χ3n) is 6.56. The highest BCUT2D eigenvalue weighted by Crippen LogP contribution is 2.44. The van der Waals surface area contributed by atoms with Gasteiger partial charge >= 0.3 is 0 Å². The molecule has 2 fully saturated rings. The van der Waals surface area contributed by atoms with Crippen molar-refractivity contribution >= 4 is 5.91 Å². The van der Waals surface area contributed by atoms with Gasteiger partial charge in [-0.25, -0.2) is 13.2 Å². The molecule has 1 aliphatic carbocycles. The maximum atomic E-state index is 14.3. The monoisotopic (exact) mass is 523 g/mol. The molecule has 1 N–H and O–H groups in total. The van der Waals surface area contributed by atoms with Crippen molar-refractivity contribution in [2.24, 2.45) is 0 Å². The van der Waals surface area contributed by atoms with E-state index >= 15 is 0 Å². The second kappa shape index (κ2) is 11.5. The van der Waals surface area contributed by atoms with Crippen LogP contribution in [-0.2, 0) is 41.7 Å². The second-order valence-electron chi connectivity index (χ2n) is 9.76. The third-order valence-corrected chi connectivity index (χ3v) is 6.56. The molecule has 10 heteroatoms. The predicted octanol–water partition coefficient (Wildman–Crippen LogP) is 4.02. The molecule has 0 bridgehead atoms. The Morgan fingerprint density at radius 3 is 2.49 bits per heavy atom. The summed E-state index contributed by atoms with van der Waals surface area (Å²) < 4.78 is 71.8. The number of fused-ring (bicyclic) bond motifs is 1. The van der Waals surface area contributed by atoms with Crippen LogP contribution in [0.2, 0.25) is 0 Å². The number of hydrogen-bond acceptors (Lipinski definition) is 6. The maximum Gasteiger partial charge on any atom is 0.252 e. The number of nitrogens with one attached hydrogen (secondary N) is 1. The van der Waals surface area contributed by atoms with E-state index in [-0.39, 0.29) is 44.8 Å². The summed E-state index contributed by atoms with van der Waals surface area (Å²) in [6.45, 7) is 3.59. The predicted molar refractivity (Wildman–Crippen MR) is 127 cm³/mol. The van der Waals surface area contributed by atoms with Crippen LogP contribution in [0.15, 0.2) is 42.5 Å². The summed E-state index contributed by atoms with van der Waals surface area (Å²) in [5, 5.41) is 2.82. The van der Waals surface area contributed by atoms with Crippen LogP contribution in [0.1, 0.15) is 37.8 Å². The van der Waals surface area contributed by atoms with Gasteiger partial charge in [-0.3, -0.25) is 4.79 Å². The average Bonchev–Trinajstić information content (AvgIpc) is 3.16. The van der Waals surface area contributed by atoms with E-state index in [1.807, 2.05) is 0 Å². The Hall–Kier alpha value is -2.50. The minimum absolute atomic E-state index is 0.0256. The van der Waals surface area contributed by atoms with Crippen LogP contribution in [-0.4, -0.2) is 55.9 Å². The molecule has 0 aromatic heterocycles. The fourth-order valence-electron chi connectivity index (χ4n) is 4.84. The molecular weight excluding hydrogens is 491 g/mol. The molecule has 2 aliphatic rings. The van der Waals surface area contributed by atoms with Gasteiger partial charge in [0.2, 0.25) is 0 Å². The number of benzene rings is 2. The number of hydrogen-bond donors (Lipinski definition) is 1. The molecule has 37 heavy (non-hydrogen) atoms. The van der Waals surface area contributed by atoms with Crippen LogP contribution in [0.4, 0.5) is 13.2 Å². The van der Waals surface area contributed by atoms with Crippen LogP contribution in [0.5, 0.6) is 0 Å². The Morgan fingerprint density at radius 1 is 1.05 bits per heavy atom. The lowest BCUT2D eigenvalue weighted by Gasteiger charge is -2.43. The zero-order valence-corrected chi connectivity index (χ0v) is 21.1. The smallest absolute Gasteiger partial charge is 0.252 e. The first-order valence-electron chi connectivity index (χ1n) is 12.2. The average molecular weight is 524 g/mol. The molecule has 1 aliphatic heterocycles. The maximum absolute atomic E-state index is 14.3. The number of carbonyl (C=O) groups excluding carboxylic acids is 1.